The zero-order valence-electron chi connectivity index (χ0n) is 21.3. The monoisotopic (exact) mass is 524 g/mol. The molecule has 0 bridgehead atoms. The molecule has 0 spiro atoms. The Morgan fingerprint density at radius 3 is 2.61 bits per heavy atom. The third-order valence-electron chi connectivity index (χ3n) is 6.77. The van der Waals surface area contributed by atoms with E-state index in [2.05, 4.69) is 38.0 Å². The number of anilines is 2. The van der Waals surface area contributed by atoms with Gasteiger partial charge in [-0.15, -0.1) is 0 Å². The van der Waals surface area contributed by atoms with Gasteiger partial charge in [-0.05, 0) is 67.6 Å². The first-order chi connectivity index (χ1) is 18.6. The molecule has 0 atom stereocenters. The summed E-state index contributed by atoms with van der Waals surface area (Å²) in [4.78, 5) is 16.9. The van der Waals surface area contributed by atoms with Crippen LogP contribution in [0.15, 0.2) is 84.0 Å². The molecule has 192 valence electrons. The van der Waals surface area contributed by atoms with Gasteiger partial charge >= 0.3 is 0 Å². The minimum atomic E-state index is 0.689. The van der Waals surface area contributed by atoms with Crippen molar-refractivity contribution in [3.05, 3.63) is 95.1 Å². The third kappa shape index (κ3) is 5.27. The number of para-hydroxylation sites is 2. The number of halogens is 1. The number of benzene rings is 3. The molecule has 2 aliphatic heterocycles. The zero-order valence-corrected chi connectivity index (χ0v) is 22.0. The molecule has 3 aliphatic rings. The topological polar surface area (TPSA) is 67.6 Å². The summed E-state index contributed by atoms with van der Waals surface area (Å²) in [5, 5.41) is 5.12. The van der Waals surface area contributed by atoms with Gasteiger partial charge in [0.1, 0.15) is 0 Å². The van der Waals surface area contributed by atoms with Crippen LogP contribution >= 0.6 is 11.6 Å². The van der Waals surface area contributed by atoms with Gasteiger partial charge in [0.05, 0.1) is 65.1 Å². The Labute approximate surface area is 226 Å². The number of aryl methyl sites for hydroxylation is 1. The number of rotatable bonds is 6. The minimum Gasteiger partial charge on any atom is -0.379 e. The highest BCUT2D eigenvalue weighted by Gasteiger charge is 2.17. The molecular weight excluding hydrogens is 496 g/mol. The van der Waals surface area contributed by atoms with E-state index in [1.165, 1.54) is 0 Å². The molecule has 1 aliphatic carbocycles. The molecule has 7 nitrogen and oxygen atoms in total. The highest BCUT2D eigenvalue weighted by molar-refractivity contribution is 6.30. The summed E-state index contributed by atoms with van der Waals surface area (Å²) >= 11 is 6.23. The number of hydrogen-bond donors (Lipinski definition) is 1. The van der Waals surface area contributed by atoms with Crippen molar-refractivity contribution >= 4 is 34.0 Å². The largest absolute Gasteiger partial charge is 0.379 e. The van der Waals surface area contributed by atoms with Gasteiger partial charge in [-0.2, -0.15) is 0 Å². The van der Waals surface area contributed by atoms with Gasteiger partial charge in [-0.1, -0.05) is 23.7 Å². The van der Waals surface area contributed by atoms with Crippen molar-refractivity contribution in [2.75, 3.05) is 44.7 Å². The lowest BCUT2D eigenvalue weighted by Crippen LogP contribution is -2.38. The van der Waals surface area contributed by atoms with Crippen molar-refractivity contribution in [1.82, 2.24) is 19.4 Å². The Balaban J connectivity index is 1.51. The van der Waals surface area contributed by atoms with E-state index >= 15 is 0 Å². The van der Waals surface area contributed by atoms with E-state index < -0.39 is 0 Å². The van der Waals surface area contributed by atoms with E-state index in [4.69, 9.17) is 26.3 Å². The fraction of sp³-hybridized carbons (Fsp3) is 0.233. The summed E-state index contributed by atoms with van der Waals surface area (Å²) in [6.07, 6.45) is 1.85. The highest BCUT2D eigenvalue weighted by atomic mass is 35.5. The Morgan fingerprint density at radius 1 is 1.00 bits per heavy atom. The Bertz CT molecular complexity index is 1590. The van der Waals surface area contributed by atoms with Gasteiger partial charge in [0, 0.05) is 36.0 Å². The molecule has 0 saturated carbocycles. The summed E-state index contributed by atoms with van der Waals surface area (Å²) in [6, 6.07) is 24.3. The number of nitrogens with one attached hydrogen (secondary N) is 1. The second kappa shape index (κ2) is 10.9. The molecule has 38 heavy (non-hydrogen) atoms. The molecule has 1 fully saturated rings. The quantitative estimate of drug-likeness (QED) is 0.299. The van der Waals surface area contributed by atoms with Crippen LogP contribution in [0.5, 0.6) is 0 Å². The highest BCUT2D eigenvalue weighted by Crippen LogP contribution is 2.30. The molecule has 1 N–H and O–H groups in total. The van der Waals surface area contributed by atoms with Crippen LogP contribution in [0.2, 0.25) is 5.02 Å². The van der Waals surface area contributed by atoms with Crippen LogP contribution < -0.4 is 10.7 Å². The molecule has 3 heterocycles. The Kier molecular flexibility index (Phi) is 7.05. The van der Waals surface area contributed by atoms with Crippen LogP contribution in [0.25, 0.3) is 28.1 Å². The van der Waals surface area contributed by atoms with Crippen molar-refractivity contribution in [2.45, 2.75) is 6.92 Å². The van der Waals surface area contributed by atoms with Gasteiger partial charge in [0.15, 0.2) is 0 Å². The fourth-order valence-corrected chi connectivity index (χ4v) is 4.90. The molecule has 0 amide bonds. The van der Waals surface area contributed by atoms with Crippen molar-refractivity contribution in [3.63, 3.8) is 0 Å². The minimum absolute atomic E-state index is 0.689. The van der Waals surface area contributed by atoms with Crippen LogP contribution in [0.4, 0.5) is 11.4 Å². The molecular formula is C30H29ClN6O. The third-order valence-corrected chi connectivity index (χ3v) is 7.03. The Hall–Kier alpha value is -3.78. The van der Waals surface area contributed by atoms with Gasteiger partial charge in [0.2, 0.25) is 0 Å². The molecule has 2 aromatic carbocycles. The normalized spacial score (nSPS) is 14.8. The van der Waals surface area contributed by atoms with Gasteiger partial charge < -0.3 is 14.6 Å². The van der Waals surface area contributed by atoms with Crippen molar-refractivity contribution in [1.29, 1.82) is 0 Å². The van der Waals surface area contributed by atoms with Gasteiger partial charge in [-0.3, -0.25) is 14.9 Å². The van der Waals surface area contributed by atoms with E-state index in [0.717, 1.165) is 83.4 Å². The predicted molar refractivity (Wildman–Crippen MR) is 153 cm³/mol. The number of hydrogen-bond acceptors (Lipinski definition) is 6. The standard InChI is InChI=1S/C30H29ClN6O/c1-21-6-9-23(20-33-21)34-27-18-28-30(19-26(27)32-12-13-36-14-16-38-17-15-36)37(24-10-7-22(31)8-11-24)29-5-3-2-4-25(29)35-28/h2-11,18-20,34H,12-17H2,1H3. The summed E-state index contributed by atoms with van der Waals surface area (Å²) in [6.45, 7) is 7.01. The average molecular weight is 525 g/mol. The number of morpholine rings is 1. The first-order valence-electron chi connectivity index (χ1n) is 12.9. The number of pyridine rings is 1. The predicted octanol–water partition coefficient (Wildman–Crippen LogP) is 5.46. The van der Waals surface area contributed by atoms with E-state index in [1.807, 2.05) is 67.7 Å². The Morgan fingerprint density at radius 2 is 1.82 bits per heavy atom. The smallest absolute Gasteiger partial charge is 0.0900 e. The SMILES string of the molecule is Cc1ccc(Nc2cc3nc4ccccc4n(-c4ccc(Cl)cc4)c-3cc2=NCCN2CCOCC2)cn1. The molecule has 0 radical (unpaired) electrons. The molecule has 1 aromatic heterocycles. The zero-order chi connectivity index (χ0) is 25.9. The average Bonchev–Trinajstić information content (AvgIpc) is 2.94. The lowest BCUT2D eigenvalue weighted by molar-refractivity contribution is 0.0394. The van der Waals surface area contributed by atoms with E-state index in [0.29, 0.717) is 11.6 Å². The fourth-order valence-electron chi connectivity index (χ4n) is 4.77. The lowest BCUT2D eigenvalue weighted by atomic mass is 10.1. The number of nitrogens with zero attached hydrogens (tertiary/aromatic N) is 5. The van der Waals surface area contributed by atoms with Crippen molar-refractivity contribution < 1.29 is 4.74 Å². The van der Waals surface area contributed by atoms with E-state index in [1.54, 1.807) is 0 Å². The first-order valence-corrected chi connectivity index (χ1v) is 13.2. The van der Waals surface area contributed by atoms with Crippen molar-refractivity contribution in [3.8, 4) is 17.1 Å². The second-order valence-electron chi connectivity index (χ2n) is 9.42. The van der Waals surface area contributed by atoms with Crippen LogP contribution in [0, 0.1) is 6.92 Å². The number of fused-ring (bicyclic) bond motifs is 2. The van der Waals surface area contributed by atoms with Gasteiger partial charge in [-0.25, -0.2) is 4.98 Å². The molecule has 8 heteroatoms. The number of ether oxygens (including phenoxy) is 1. The number of aromatic nitrogens is 3. The maximum atomic E-state index is 6.23. The van der Waals surface area contributed by atoms with Crippen molar-refractivity contribution in [2.24, 2.45) is 4.99 Å². The maximum Gasteiger partial charge on any atom is 0.0900 e. The van der Waals surface area contributed by atoms with Crippen LogP contribution in [0.3, 0.4) is 0 Å². The lowest BCUT2D eigenvalue weighted by Gasteiger charge is -2.25. The molecule has 1 saturated heterocycles. The van der Waals surface area contributed by atoms with E-state index in [-0.39, 0.29) is 0 Å². The maximum absolute atomic E-state index is 6.23. The van der Waals surface area contributed by atoms with E-state index in [9.17, 15) is 0 Å². The summed E-state index contributed by atoms with van der Waals surface area (Å²) in [5.41, 5.74) is 7.57. The van der Waals surface area contributed by atoms with Crippen LogP contribution in [-0.4, -0.2) is 58.8 Å². The first kappa shape index (κ1) is 24.6. The van der Waals surface area contributed by atoms with Crippen LogP contribution in [-0.2, 0) is 4.74 Å². The summed E-state index contributed by atoms with van der Waals surface area (Å²) in [7, 11) is 0. The van der Waals surface area contributed by atoms with Gasteiger partial charge in [0.25, 0.3) is 0 Å². The molecule has 3 aromatic rings. The summed E-state index contributed by atoms with van der Waals surface area (Å²) < 4.78 is 7.73. The molecule has 6 rings (SSSR count). The molecule has 0 unspecified atom stereocenters. The van der Waals surface area contributed by atoms with Crippen LogP contribution in [0.1, 0.15) is 5.69 Å². The summed E-state index contributed by atoms with van der Waals surface area (Å²) in [5.74, 6) is 0. The second-order valence-corrected chi connectivity index (χ2v) is 9.86.